The van der Waals surface area contributed by atoms with E-state index >= 15 is 0 Å². The molecule has 0 aliphatic rings. The second-order valence-corrected chi connectivity index (χ2v) is 6.39. The Balaban J connectivity index is 2.05. The van der Waals surface area contributed by atoms with Crippen molar-refractivity contribution in [3.05, 3.63) is 64.2 Å². The van der Waals surface area contributed by atoms with Crippen LogP contribution in [0.2, 0.25) is 5.02 Å². The summed E-state index contributed by atoms with van der Waals surface area (Å²) < 4.78 is 5.65. The van der Waals surface area contributed by atoms with Gasteiger partial charge in [-0.3, -0.25) is 0 Å². The largest absolute Gasteiger partial charge is 0.478 e. The topological polar surface area (TPSA) is 46.5 Å². The molecular weight excluding hydrogens is 324 g/mol. The SMILES string of the molecule is CCCCc1ccc(C[C@@H](Oc2ccc(Cl)c(C)c2)C(=O)O)cc1. The zero-order chi connectivity index (χ0) is 17.5. The Bertz CT molecular complexity index is 680. The van der Waals surface area contributed by atoms with E-state index in [0.717, 1.165) is 30.4 Å². The smallest absolute Gasteiger partial charge is 0.345 e. The molecule has 0 saturated heterocycles. The normalized spacial score (nSPS) is 12.0. The number of carbonyl (C=O) groups is 1. The quantitative estimate of drug-likeness (QED) is 0.726. The van der Waals surface area contributed by atoms with Crippen LogP contribution in [0, 0.1) is 6.92 Å². The lowest BCUT2D eigenvalue weighted by atomic mass is 10.0. The predicted octanol–water partition coefficient (Wildman–Crippen LogP) is 5.07. The van der Waals surface area contributed by atoms with Gasteiger partial charge >= 0.3 is 5.97 Å². The highest BCUT2D eigenvalue weighted by molar-refractivity contribution is 6.31. The first kappa shape index (κ1) is 18.3. The fourth-order valence-electron chi connectivity index (χ4n) is 2.47. The first-order valence-electron chi connectivity index (χ1n) is 8.23. The van der Waals surface area contributed by atoms with Gasteiger partial charge in [-0.15, -0.1) is 0 Å². The number of carboxylic acids is 1. The summed E-state index contributed by atoms with van der Waals surface area (Å²) in [5.74, 6) is -0.457. The minimum absolute atomic E-state index is 0.324. The molecule has 3 nitrogen and oxygen atoms in total. The summed E-state index contributed by atoms with van der Waals surface area (Å²) in [5, 5.41) is 10.1. The molecule has 0 aliphatic heterocycles. The summed E-state index contributed by atoms with van der Waals surface area (Å²) in [6.07, 6.45) is 2.78. The maximum Gasteiger partial charge on any atom is 0.345 e. The molecule has 0 aromatic heterocycles. The maximum absolute atomic E-state index is 11.5. The summed E-state index contributed by atoms with van der Waals surface area (Å²) in [4.78, 5) is 11.5. The fourth-order valence-corrected chi connectivity index (χ4v) is 2.59. The summed E-state index contributed by atoms with van der Waals surface area (Å²) in [6, 6.07) is 13.3. The molecule has 0 saturated carbocycles. The predicted molar refractivity (Wildman–Crippen MR) is 97.0 cm³/mol. The summed E-state index contributed by atoms with van der Waals surface area (Å²) in [6.45, 7) is 4.03. The van der Waals surface area contributed by atoms with Crippen LogP contribution in [-0.2, 0) is 17.6 Å². The molecule has 0 radical (unpaired) electrons. The second kappa shape index (κ2) is 8.74. The summed E-state index contributed by atoms with van der Waals surface area (Å²) in [5.41, 5.74) is 3.09. The average Bonchev–Trinajstić information content (AvgIpc) is 2.56. The molecule has 0 aliphatic carbocycles. The second-order valence-electron chi connectivity index (χ2n) is 5.98. The van der Waals surface area contributed by atoms with Gasteiger partial charge < -0.3 is 9.84 Å². The van der Waals surface area contributed by atoms with Crippen LogP contribution in [0.5, 0.6) is 5.75 Å². The number of halogens is 1. The number of ether oxygens (including phenoxy) is 1. The van der Waals surface area contributed by atoms with Gasteiger partial charge in [0.05, 0.1) is 0 Å². The molecule has 1 N–H and O–H groups in total. The number of aryl methyl sites for hydroxylation is 2. The Morgan fingerprint density at radius 1 is 1.17 bits per heavy atom. The van der Waals surface area contributed by atoms with Crippen LogP contribution in [0.15, 0.2) is 42.5 Å². The number of hydrogen-bond donors (Lipinski definition) is 1. The van der Waals surface area contributed by atoms with Gasteiger partial charge in [0.1, 0.15) is 5.75 Å². The van der Waals surface area contributed by atoms with Crippen molar-refractivity contribution in [3.8, 4) is 5.75 Å². The van der Waals surface area contributed by atoms with Crippen molar-refractivity contribution in [1.29, 1.82) is 0 Å². The van der Waals surface area contributed by atoms with E-state index in [4.69, 9.17) is 16.3 Å². The van der Waals surface area contributed by atoms with Gasteiger partial charge in [-0.25, -0.2) is 4.79 Å². The molecule has 2 aromatic carbocycles. The van der Waals surface area contributed by atoms with Crippen LogP contribution in [0.3, 0.4) is 0 Å². The Morgan fingerprint density at radius 3 is 2.42 bits per heavy atom. The van der Waals surface area contributed by atoms with Crippen LogP contribution in [0.4, 0.5) is 0 Å². The van der Waals surface area contributed by atoms with E-state index in [0.29, 0.717) is 17.2 Å². The van der Waals surface area contributed by atoms with Crippen LogP contribution >= 0.6 is 11.6 Å². The van der Waals surface area contributed by atoms with Gasteiger partial charge in [0.2, 0.25) is 0 Å². The third-order valence-electron chi connectivity index (χ3n) is 3.95. The molecule has 2 rings (SSSR count). The van der Waals surface area contributed by atoms with Crippen molar-refractivity contribution < 1.29 is 14.6 Å². The number of hydrogen-bond acceptors (Lipinski definition) is 2. The molecule has 1 atom stereocenters. The number of aliphatic carboxylic acids is 1. The zero-order valence-corrected chi connectivity index (χ0v) is 14.8. The highest BCUT2D eigenvalue weighted by atomic mass is 35.5. The van der Waals surface area contributed by atoms with Gasteiger partial charge in [0, 0.05) is 11.4 Å². The minimum Gasteiger partial charge on any atom is -0.478 e. The summed E-state index contributed by atoms with van der Waals surface area (Å²) >= 11 is 5.99. The maximum atomic E-state index is 11.5. The molecule has 0 heterocycles. The number of carboxylic acid groups (broad SMARTS) is 1. The molecule has 4 heteroatoms. The van der Waals surface area contributed by atoms with Gasteiger partial charge in [0.25, 0.3) is 0 Å². The van der Waals surface area contributed by atoms with Crippen LogP contribution < -0.4 is 4.74 Å². The molecule has 2 aromatic rings. The van der Waals surface area contributed by atoms with Gasteiger partial charge in [-0.05, 0) is 54.7 Å². The molecule has 0 unspecified atom stereocenters. The lowest BCUT2D eigenvalue weighted by Gasteiger charge is -2.16. The molecule has 0 bridgehead atoms. The standard InChI is InChI=1S/C20H23ClO3/c1-3-4-5-15-6-8-16(9-7-15)13-19(20(22)23)24-17-10-11-18(21)14(2)12-17/h6-12,19H,3-5,13H2,1-2H3,(H,22,23)/t19-/m1/s1. The van der Waals surface area contributed by atoms with Crippen LogP contribution in [0.25, 0.3) is 0 Å². The summed E-state index contributed by atoms with van der Waals surface area (Å²) in [7, 11) is 0. The number of rotatable bonds is 8. The van der Waals surface area contributed by atoms with E-state index in [1.54, 1.807) is 18.2 Å². The van der Waals surface area contributed by atoms with E-state index in [-0.39, 0.29) is 0 Å². The van der Waals surface area contributed by atoms with Crippen LogP contribution in [0.1, 0.15) is 36.5 Å². The minimum atomic E-state index is -0.974. The fraction of sp³-hybridized carbons (Fsp3) is 0.350. The molecule has 0 amide bonds. The molecule has 128 valence electrons. The van der Waals surface area contributed by atoms with E-state index in [1.165, 1.54) is 5.56 Å². The molecule has 0 spiro atoms. The van der Waals surface area contributed by atoms with Gasteiger partial charge in [0.15, 0.2) is 6.10 Å². The first-order chi connectivity index (χ1) is 11.5. The van der Waals surface area contributed by atoms with Gasteiger partial charge in [-0.2, -0.15) is 0 Å². The van der Waals surface area contributed by atoms with Crippen molar-refractivity contribution in [2.24, 2.45) is 0 Å². The van der Waals surface area contributed by atoms with E-state index in [2.05, 4.69) is 19.1 Å². The third-order valence-corrected chi connectivity index (χ3v) is 4.37. The highest BCUT2D eigenvalue weighted by Crippen LogP contribution is 2.23. The third kappa shape index (κ3) is 5.27. The van der Waals surface area contributed by atoms with E-state index < -0.39 is 12.1 Å². The number of unbranched alkanes of at least 4 members (excludes halogenated alkanes) is 1. The Labute approximate surface area is 148 Å². The molecule has 0 fully saturated rings. The van der Waals surface area contributed by atoms with E-state index in [1.807, 2.05) is 19.1 Å². The van der Waals surface area contributed by atoms with E-state index in [9.17, 15) is 9.90 Å². The lowest BCUT2D eigenvalue weighted by molar-refractivity contribution is -0.145. The molecule has 24 heavy (non-hydrogen) atoms. The van der Waals surface area contributed by atoms with Crippen LogP contribution in [-0.4, -0.2) is 17.2 Å². The zero-order valence-electron chi connectivity index (χ0n) is 14.1. The van der Waals surface area contributed by atoms with Crippen molar-refractivity contribution in [1.82, 2.24) is 0 Å². The van der Waals surface area contributed by atoms with Crippen molar-refractivity contribution >= 4 is 17.6 Å². The van der Waals surface area contributed by atoms with Crippen molar-refractivity contribution in [2.75, 3.05) is 0 Å². The Morgan fingerprint density at radius 2 is 1.83 bits per heavy atom. The van der Waals surface area contributed by atoms with Crippen molar-refractivity contribution in [3.63, 3.8) is 0 Å². The Hall–Kier alpha value is -2.00. The first-order valence-corrected chi connectivity index (χ1v) is 8.61. The van der Waals surface area contributed by atoms with Crippen molar-refractivity contribution in [2.45, 2.75) is 45.6 Å². The van der Waals surface area contributed by atoms with Gasteiger partial charge in [-0.1, -0.05) is 49.2 Å². The molecular formula is C20H23ClO3. The highest BCUT2D eigenvalue weighted by Gasteiger charge is 2.20. The average molecular weight is 347 g/mol. The Kier molecular flexibility index (Phi) is 6.68. The monoisotopic (exact) mass is 346 g/mol. The lowest BCUT2D eigenvalue weighted by Crippen LogP contribution is -2.29. The number of benzene rings is 2.